The maximum absolute atomic E-state index is 13.7. The Balaban J connectivity index is 1.66. The van der Waals surface area contributed by atoms with Crippen molar-refractivity contribution in [3.8, 4) is 6.07 Å². The number of nitrogens with zero attached hydrogens (tertiary/aromatic N) is 2. The molecular weight excluding hydrogens is 434 g/mol. The van der Waals surface area contributed by atoms with Crippen LogP contribution in [0.3, 0.4) is 0 Å². The van der Waals surface area contributed by atoms with Gasteiger partial charge in [-0.3, -0.25) is 0 Å². The molecule has 5 nitrogen and oxygen atoms in total. The van der Waals surface area contributed by atoms with Crippen molar-refractivity contribution in [1.29, 1.82) is 5.26 Å². The van der Waals surface area contributed by atoms with E-state index in [1.54, 1.807) is 18.3 Å². The van der Waals surface area contributed by atoms with Crippen molar-refractivity contribution in [2.45, 2.75) is 6.18 Å². The van der Waals surface area contributed by atoms with Crippen molar-refractivity contribution < 1.29 is 17.6 Å². The van der Waals surface area contributed by atoms with Crippen LogP contribution in [0.1, 0.15) is 11.3 Å². The van der Waals surface area contributed by atoms with Crippen LogP contribution >= 0.6 is 11.6 Å². The van der Waals surface area contributed by atoms with Crippen molar-refractivity contribution >= 4 is 45.4 Å². The van der Waals surface area contributed by atoms with E-state index in [-0.39, 0.29) is 22.9 Å². The zero-order valence-corrected chi connectivity index (χ0v) is 16.2. The SMILES string of the molecule is N#Cc1cc(Nc2cc(F)cc(C(F)(F)F)c2)cc(Nc2cc(Cl)c3cc[nH]c3c2)n1. The van der Waals surface area contributed by atoms with E-state index in [0.717, 1.165) is 23.0 Å². The first-order valence-electron chi connectivity index (χ1n) is 8.82. The van der Waals surface area contributed by atoms with Crippen LogP contribution in [0.4, 0.5) is 40.4 Å². The summed E-state index contributed by atoms with van der Waals surface area (Å²) in [6, 6.07) is 12.1. The van der Waals surface area contributed by atoms with Crippen LogP contribution in [-0.2, 0) is 6.18 Å². The molecule has 0 aliphatic heterocycles. The molecule has 0 unspecified atom stereocenters. The predicted molar refractivity (Wildman–Crippen MR) is 110 cm³/mol. The fourth-order valence-corrected chi connectivity index (χ4v) is 3.34. The van der Waals surface area contributed by atoms with Gasteiger partial charge in [0.15, 0.2) is 0 Å². The number of aromatic amines is 1. The molecule has 0 aliphatic carbocycles. The molecule has 0 saturated heterocycles. The van der Waals surface area contributed by atoms with Gasteiger partial charge in [0.2, 0.25) is 0 Å². The van der Waals surface area contributed by atoms with Crippen LogP contribution in [0.25, 0.3) is 10.9 Å². The molecule has 0 amide bonds. The van der Waals surface area contributed by atoms with Crippen molar-refractivity contribution in [2.75, 3.05) is 10.6 Å². The van der Waals surface area contributed by atoms with E-state index < -0.39 is 17.6 Å². The molecule has 0 aliphatic rings. The fraction of sp³-hybridized carbons (Fsp3) is 0.0476. The van der Waals surface area contributed by atoms with Gasteiger partial charge in [-0.05, 0) is 42.5 Å². The minimum Gasteiger partial charge on any atom is -0.361 e. The molecule has 2 heterocycles. The van der Waals surface area contributed by atoms with E-state index in [1.807, 2.05) is 12.1 Å². The van der Waals surface area contributed by atoms with Crippen LogP contribution in [0, 0.1) is 17.1 Å². The van der Waals surface area contributed by atoms with Gasteiger partial charge in [-0.15, -0.1) is 0 Å². The molecule has 0 atom stereocenters. The van der Waals surface area contributed by atoms with Gasteiger partial charge in [-0.2, -0.15) is 18.4 Å². The van der Waals surface area contributed by atoms with Crippen LogP contribution in [0.5, 0.6) is 0 Å². The Morgan fingerprint density at radius 2 is 1.71 bits per heavy atom. The molecule has 0 saturated carbocycles. The number of pyridine rings is 1. The Morgan fingerprint density at radius 1 is 0.968 bits per heavy atom. The monoisotopic (exact) mass is 445 g/mol. The van der Waals surface area contributed by atoms with Crippen LogP contribution < -0.4 is 10.6 Å². The summed E-state index contributed by atoms with van der Waals surface area (Å²) < 4.78 is 52.6. The lowest BCUT2D eigenvalue weighted by Crippen LogP contribution is -2.06. The first-order chi connectivity index (χ1) is 14.7. The molecule has 31 heavy (non-hydrogen) atoms. The number of hydrogen-bond acceptors (Lipinski definition) is 4. The second-order valence-electron chi connectivity index (χ2n) is 6.61. The third-order valence-corrected chi connectivity index (χ3v) is 4.66. The van der Waals surface area contributed by atoms with E-state index in [4.69, 9.17) is 11.6 Å². The Hall–Kier alpha value is -3.77. The van der Waals surface area contributed by atoms with Crippen molar-refractivity contribution in [3.05, 3.63) is 76.8 Å². The highest BCUT2D eigenvalue weighted by molar-refractivity contribution is 6.35. The lowest BCUT2D eigenvalue weighted by molar-refractivity contribution is -0.137. The van der Waals surface area contributed by atoms with E-state index >= 15 is 0 Å². The molecule has 0 fully saturated rings. The Kier molecular flexibility index (Phi) is 5.17. The maximum Gasteiger partial charge on any atom is 0.416 e. The summed E-state index contributed by atoms with van der Waals surface area (Å²) in [5.41, 5.74) is 0.371. The number of anilines is 4. The second kappa shape index (κ2) is 7.81. The summed E-state index contributed by atoms with van der Waals surface area (Å²) in [6.45, 7) is 0. The van der Waals surface area contributed by atoms with Crippen molar-refractivity contribution in [1.82, 2.24) is 9.97 Å². The molecule has 0 radical (unpaired) electrons. The number of nitriles is 1. The van der Waals surface area contributed by atoms with E-state index in [0.29, 0.717) is 16.8 Å². The molecule has 2 aromatic heterocycles. The third kappa shape index (κ3) is 4.54. The topological polar surface area (TPSA) is 76.5 Å². The molecular formula is C21H12ClF4N5. The summed E-state index contributed by atoms with van der Waals surface area (Å²) >= 11 is 6.26. The standard InChI is InChI=1S/C21H12ClF4N5/c22-18-7-15(8-19-17(18)1-2-28-19)30-20-9-14(6-16(10-27)31-20)29-13-4-11(21(24,25)26)3-12(23)5-13/h1-9,28H,(H2,29,30,31). The van der Waals surface area contributed by atoms with Gasteiger partial charge < -0.3 is 15.6 Å². The summed E-state index contributed by atoms with van der Waals surface area (Å²) in [7, 11) is 0. The van der Waals surface area contributed by atoms with Crippen molar-refractivity contribution in [3.63, 3.8) is 0 Å². The highest BCUT2D eigenvalue weighted by Crippen LogP contribution is 2.33. The van der Waals surface area contributed by atoms with Crippen LogP contribution in [-0.4, -0.2) is 9.97 Å². The predicted octanol–water partition coefficient (Wildman–Crippen LogP) is 6.73. The lowest BCUT2D eigenvalue weighted by Gasteiger charge is -2.13. The molecule has 10 heteroatoms. The van der Waals surface area contributed by atoms with Gasteiger partial charge in [0.25, 0.3) is 0 Å². The van der Waals surface area contributed by atoms with Gasteiger partial charge in [-0.25, -0.2) is 9.37 Å². The number of hydrogen-bond donors (Lipinski definition) is 3. The van der Waals surface area contributed by atoms with Crippen molar-refractivity contribution in [2.24, 2.45) is 0 Å². The second-order valence-corrected chi connectivity index (χ2v) is 7.02. The number of rotatable bonds is 4. The normalized spacial score (nSPS) is 11.4. The van der Waals surface area contributed by atoms with Gasteiger partial charge in [0.1, 0.15) is 23.4 Å². The minimum atomic E-state index is -4.70. The minimum absolute atomic E-state index is 0.00648. The smallest absolute Gasteiger partial charge is 0.361 e. The molecule has 0 spiro atoms. The average molecular weight is 446 g/mol. The highest BCUT2D eigenvalue weighted by atomic mass is 35.5. The molecule has 156 valence electrons. The van der Waals surface area contributed by atoms with Gasteiger partial charge in [0, 0.05) is 40.2 Å². The summed E-state index contributed by atoms with van der Waals surface area (Å²) in [6.07, 6.45) is -2.96. The zero-order chi connectivity index (χ0) is 22.2. The fourth-order valence-electron chi connectivity index (χ4n) is 3.06. The Bertz CT molecular complexity index is 1320. The van der Waals surface area contributed by atoms with Gasteiger partial charge in [-0.1, -0.05) is 11.6 Å². The number of halogens is 5. The Morgan fingerprint density at radius 3 is 2.45 bits per heavy atom. The first kappa shape index (κ1) is 20.5. The number of H-pyrrole nitrogens is 1. The number of fused-ring (bicyclic) bond motifs is 1. The molecule has 4 rings (SSSR count). The number of nitrogens with one attached hydrogen (secondary N) is 3. The molecule has 0 bridgehead atoms. The largest absolute Gasteiger partial charge is 0.416 e. The average Bonchev–Trinajstić information content (AvgIpc) is 3.16. The van der Waals surface area contributed by atoms with E-state index in [2.05, 4.69) is 20.6 Å². The Labute approximate surface area is 178 Å². The number of aromatic nitrogens is 2. The summed E-state index contributed by atoms with van der Waals surface area (Å²) in [5, 5.41) is 16.3. The summed E-state index contributed by atoms with van der Waals surface area (Å²) in [4.78, 5) is 7.18. The van der Waals surface area contributed by atoms with Gasteiger partial charge >= 0.3 is 6.18 Å². The third-order valence-electron chi connectivity index (χ3n) is 4.34. The molecule has 4 aromatic rings. The van der Waals surface area contributed by atoms with E-state index in [9.17, 15) is 22.8 Å². The van der Waals surface area contributed by atoms with Gasteiger partial charge in [0.05, 0.1) is 10.6 Å². The van der Waals surface area contributed by atoms with E-state index in [1.165, 1.54) is 12.1 Å². The van der Waals surface area contributed by atoms with Crippen LogP contribution in [0.2, 0.25) is 5.02 Å². The maximum atomic E-state index is 13.7. The quantitative estimate of drug-likeness (QED) is 0.304. The molecule has 3 N–H and O–H groups in total. The summed E-state index contributed by atoms with van der Waals surface area (Å²) in [5.74, 6) is -0.796. The molecule has 2 aromatic carbocycles. The zero-order valence-electron chi connectivity index (χ0n) is 15.5. The highest BCUT2D eigenvalue weighted by Gasteiger charge is 2.31. The lowest BCUT2D eigenvalue weighted by atomic mass is 10.1. The number of benzene rings is 2. The van der Waals surface area contributed by atoms with Crippen LogP contribution in [0.15, 0.2) is 54.7 Å². The first-order valence-corrected chi connectivity index (χ1v) is 9.20. The number of alkyl halides is 3.